The predicted molar refractivity (Wildman–Crippen MR) is 63.0 cm³/mol. The summed E-state index contributed by atoms with van der Waals surface area (Å²) >= 11 is 0. The summed E-state index contributed by atoms with van der Waals surface area (Å²) in [4.78, 5) is 6.78. The summed E-state index contributed by atoms with van der Waals surface area (Å²) < 4.78 is 2.14. The molecule has 84 valence electrons. The smallest absolute Gasteiger partial charge is 0.207 e. The van der Waals surface area contributed by atoms with Crippen molar-refractivity contribution in [1.29, 1.82) is 0 Å². The van der Waals surface area contributed by atoms with Crippen LogP contribution < -0.4 is 10.6 Å². The molecule has 0 bridgehead atoms. The topological polar surface area (TPSA) is 47.1 Å². The van der Waals surface area contributed by atoms with Crippen molar-refractivity contribution >= 4 is 11.8 Å². The summed E-state index contributed by atoms with van der Waals surface area (Å²) in [6.45, 7) is 5.31. The molecule has 2 rings (SSSR count). The molecule has 1 saturated heterocycles. The third kappa shape index (κ3) is 2.25. The Morgan fingerprint density at radius 2 is 1.93 bits per heavy atom. The molecule has 1 aromatic rings. The van der Waals surface area contributed by atoms with Crippen molar-refractivity contribution in [2.75, 3.05) is 23.7 Å². The van der Waals surface area contributed by atoms with Gasteiger partial charge in [0.15, 0.2) is 0 Å². The van der Waals surface area contributed by atoms with Gasteiger partial charge in [-0.2, -0.15) is 4.98 Å². The Bertz CT molecular complexity index is 310. The van der Waals surface area contributed by atoms with Gasteiger partial charge in [0.1, 0.15) is 5.82 Å². The van der Waals surface area contributed by atoms with Crippen LogP contribution in [-0.2, 0) is 6.54 Å². The average Bonchev–Trinajstić information content (AvgIpc) is 2.47. The number of hydrogen-bond acceptors (Lipinski definition) is 3. The summed E-state index contributed by atoms with van der Waals surface area (Å²) in [5.41, 5.74) is 5.74. The molecule has 0 aliphatic carbocycles. The van der Waals surface area contributed by atoms with Crippen LogP contribution >= 0.6 is 0 Å². The third-order valence-corrected chi connectivity index (χ3v) is 3.00. The number of aryl methyl sites for hydroxylation is 1. The van der Waals surface area contributed by atoms with E-state index >= 15 is 0 Å². The van der Waals surface area contributed by atoms with Crippen molar-refractivity contribution in [3.05, 3.63) is 6.20 Å². The van der Waals surface area contributed by atoms with Gasteiger partial charge in [0.2, 0.25) is 5.95 Å². The highest BCUT2D eigenvalue weighted by Crippen LogP contribution is 2.19. The normalized spacial score (nSPS) is 17.8. The van der Waals surface area contributed by atoms with Gasteiger partial charge in [-0.3, -0.25) is 0 Å². The molecule has 0 aromatic carbocycles. The Morgan fingerprint density at radius 3 is 2.53 bits per heavy atom. The maximum atomic E-state index is 5.74. The maximum Gasteiger partial charge on any atom is 0.207 e. The van der Waals surface area contributed by atoms with Crippen LogP contribution in [0.15, 0.2) is 6.20 Å². The first-order valence-corrected chi connectivity index (χ1v) is 5.89. The fourth-order valence-electron chi connectivity index (χ4n) is 2.18. The summed E-state index contributed by atoms with van der Waals surface area (Å²) in [6.07, 6.45) is 7.17. The zero-order chi connectivity index (χ0) is 10.7. The highest BCUT2D eigenvalue weighted by molar-refractivity contribution is 5.41. The molecule has 4 heteroatoms. The third-order valence-electron chi connectivity index (χ3n) is 3.00. The second-order valence-electron chi connectivity index (χ2n) is 4.15. The maximum absolute atomic E-state index is 5.74. The largest absolute Gasteiger partial charge is 0.382 e. The average molecular weight is 208 g/mol. The molecule has 0 spiro atoms. The second-order valence-corrected chi connectivity index (χ2v) is 4.15. The Hall–Kier alpha value is -1.19. The van der Waals surface area contributed by atoms with Crippen molar-refractivity contribution in [3.63, 3.8) is 0 Å². The minimum Gasteiger partial charge on any atom is -0.382 e. The SMILES string of the molecule is CCn1cc(N)nc1N1CCCCCC1. The van der Waals surface area contributed by atoms with Gasteiger partial charge in [-0.25, -0.2) is 0 Å². The van der Waals surface area contributed by atoms with Crippen molar-refractivity contribution in [2.45, 2.75) is 39.2 Å². The van der Waals surface area contributed by atoms with Gasteiger partial charge in [-0.15, -0.1) is 0 Å². The number of nitrogens with two attached hydrogens (primary N) is 1. The molecule has 15 heavy (non-hydrogen) atoms. The van der Waals surface area contributed by atoms with Gasteiger partial charge in [0.25, 0.3) is 0 Å². The monoisotopic (exact) mass is 208 g/mol. The van der Waals surface area contributed by atoms with E-state index in [2.05, 4.69) is 21.4 Å². The van der Waals surface area contributed by atoms with Crippen LogP contribution in [0.5, 0.6) is 0 Å². The highest BCUT2D eigenvalue weighted by Gasteiger charge is 2.15. The van der Waals surface area contributed by atoms with E-state index in [1.165, 1.54) is 25.7 Å². The van der Waals surface area contributed by atoms with Crippen molar-refractivity contribution in [2.24, 2.45) is 0 Å². The molecule has 1 aliphatic rings. The summed E-state index contributed by atoms with van der Waals surface area (Å²) in [5.74, 6) is 1.69. The number of nitrogen functional groups attached to an aromatic ring is 1. The van der Waals surface area contributed by atoms with Crippen molar-refractivity contribution in [1.82, 2.24) is 9.55 Å². The molecule has 2 N–H and O–H groups in total. The predicted octanol–water partition coefficient (Wildman–Crippen LogP) is 1.87. The first-order chi connectivity index (χ1) is 7.31. The van der Waals surface area contributed by atoms with Gasteiger partial charge in [-0.1, -0.05) is 12.8 Å². The van der Waals surface area contributed by atoms with Crippen LogP contribution in [-0.4, -0.2) is 22.6 Å². The second kappa shape index (κ2) is 4.55. The van der Waals surface area contributed by atoms with E-state index in [1.807, 2.05) is 6.20 Å². The van der Waals surface area contributed by atoms with E-state index < -0.39 is 0 Å². The lowest BCUT2D eigenvalue weighted by molar-refractivity contribution is 0.691. The van der Waals surface area contributed by atoms with E-state index in [9.17, 15) is 0 Å². The minimum atomic E-state index is 0.635. The van der Waals surface area contributed by atoms with Crippen molar-refractivity contribution in [3.8, 4) is 0 Å². The quantitative estimate of drug-likeness (QED) is 0.807. The van der Waals surface area contributed by atoms with Gasteiger partial charge in [0, 0.05) is 25.8 Å². The highest BCUT2D eigenvalue weighted by atomic mass is 15.3. The molecule has 4 nitrogen and oxygen atoms in total. The number of anilines is 2. The van der Waals surface area contributed by atoms with E-state index in [-0.39, 0.29) is 0 Å². The Labute approximate surface area is 91.1 Å². The van der Waals surface area contributed by atoms with E-state index in [0.717, 1.165) is 25.6 Å². The fraction of sp³-hybridized carbons (Fsp3) is 0.727. The van der Waals surface area contributed by atoms with Gasteiger partial charge in [0.05, 0.1) is 0 Å². The van der Waals surface area contributed by atoms with Crippen LogP contribution in [0, 0.1) is 0 Å². The molecule has 0 unspecified atom stereocenters. The van der Waals surface area contributed by atoms with Crippen LogP contribution in [0.2, 0.25) is 0 Å². The molecular formula is C11H20N4. The standard InChI is InChI=1S/C11H20N4/c1-2-14-9-10(12)13-11(14)15-7-5-3-4-6-8-15/h9H,2-8,12H2,1H3. The zero-order valence-electron chi connectivity index (χ0n) is 9.45. The lowest BCUT2D eigenvalue weighted by Gasteiger charge is -2.21. The first-order valence-electron chi connectivity index (χ1n) is 5.89. The minimum absolute atomic E-state index is 0.635. The Morgan fingerprint density at radius 1 is 1.27 bits per heavy atom. The molecule has 2 heterocycles. The van der Waals surface area contributed by atoms with Gasteiger partial charge < -0.3 is 15.2 Å². The van der Waals surface area contributed by atoms with Gasteiger partial charge >= 0.3 is 0 Å². The van der Waals surface area contributed by atoms with Gasteiger partial charge in [-0.05, 0) is 19.8 Å². The van der Waals surface area contributed by atoms with E-state index in [4.69, 9.17) is 5.73 Å². The molecular weight excluding hydrogens is 188 g/mol. The van der Waals surface area contributed by atoms with E-state index in [0.29, 0.717) is 5.82 Å². The number of rotatable bonds is 2. The molecule has 1 fully saturated rings. The van der Waals surface area contributed by atoms with Crippen LogP contribution in [0.1, 0.15) is 32.6 Å². The number of imidazole rings is 1. The van der Waals surface area contributed by atoms with Crippen molar-refractivity contribution < 1.29 is 0 Å². The lowest BCUT2D eigenvalue weighted by atomic mass is 10.2. The molecule has 1 aliphatic heterocycles. The molecule has 0 radical (unpaired) electrons. The summed E-state index contributed by atoms with van der Waals surface area (Å²) in [7, 11) is 0. The number of nitrogens with zero attached hydrogens (tertiary/aromatic N) is 3. The summed E-state index contributed by atoms with van der Waals surface area (Å²) in [5, 5.41) is 0. The van der Waals surface area contributed by atoms with E-state index in [1.54, 1.807) is 0 Å². The number of hydrogen-bond donors (Lipinski definition) is 1. The number of aromatic nitrogens is 2. The fourth-order valence-corrected chi connectivity index (χ4v) is 2.18. The first kappa shape index (κ1) is 10.3. The molecule has 0 amide bonds. The summed E-state index contributed by atoms with van der Waals surface area (Å²) in [6, 6.07) is 0. The van der Waals surface area contributed by atoms with Crippen LogP contribution in [0.25, 0.3) is 0 Å². The van der Waals surface area contributed by atoms with Crippen LogP contribution in [0.4, 0.5) is 11.8 Å². The Balaban J connectivity index is 2.18. The Kier molecular flexibility index (Phi) is 3.14. The van der Waals surface area contributed by atoms with Crippen LogP contribution in [0.3, 0.4) is 0 Å². The molecule has 0 saturated carbocycles. The lowest BCUT2D eigenvalue weighted by Crippen LogP contribution is -2.27. The zero-order valence-corrected chi connectivity index (χ0v) is 9.45. The molecule has 0 atom stereocenters. The molecule has 1 aromatic heterocycles.